The number of hydrogen-bond acceptors (Lipinski definition) is 5. The topological polar surface area (TPSA) is 56.3 Å². The van der Waals surface area contributed by atoms with Crippen molar-refractivity contribution in [3.8, 4) is 11.4 Å². The van der Waals surface area contributed by atoms with Crippen molar-refractivity contribution in [2.75, 3.05) is 18.0 Å². The number of ether oxygens (including phenoxy) is 1. The smallest absolute Gasteiger partial charge is 0.227 e. The Hall–Kier alpha value is -1.82. The van der Waals surface area contributed by atoms with Crippen LogP contribution in [0.3, 0.4) is 0 Å². The van der Waals surface area contributed by atoms with Crippen molar-refractivity contribution in [1.82, 2.24) is 14.8 Å². The van der Waals surface area contributed by atoms with Gasteiger partial charge in [-0.15, -0.1) is 10.2 Å². The number of anilines is 1. The highest BCUT2D eigenvalue weighted by Crippen LogP contribution is 2.30. The number of hydrogen-bond donors (Lipinski definition) is 0. The second kappa shape index (κ2) is 4.09. The van der Waals surface area contributed by atoms with E-state index in [1.54, 1.807) is 12.5 Å². The normalized spacial score (nSPS) is 26.1. The first-order valence-corrected chi connectivity index (χ1v) is 6.63. The highest BCUT2D eigenvalue weighted by molar-refractivity contribution is 5.55. The van der Waals surface area contributed by atoms with E-state index < -0.39 is 0 Å². The van der Waals surface area contributed by atoms with E-state index in [4.69, 9.17) is 9.15 Å². The molecule has 2 bridgehead atoms. The van der Waals surface area contributed by atoms with Crippen LogP contribution < -0.4 is 4.90 Å². The molecule has 0 radical (unpaired) electrons. The molecule has 0 aliphatic carbocycles. The van der Waals surface area contributed by atoms with Crippen molar-refractivity contribution < 1.29 is 9.15 Å². The molecule has 6 nitrogen and oxygen atoms in total. The van der Waals surface area contributed by atoms with Gasteiger partial charge in [0.15, 0.2) is 5.82 Å². The minimum Gasteiger partial charge on any atom is -0.472 e. The van der Waals surface area contributed by atoms with Crippen molar-refractivity contribution in [1.29, 1.82) is 0 Å². The first-order chi connectivity index (χ1) is 9.31. The molecule has 0 aromatic carbocycles. The van der Waals surface area contributed by atoms with Gasteiger partial charge in [0.05, 0.1) is 24.0 Å². The summed E-state index contributed by atoms with van der Waals surface area (Å²) in [5, 5.41) is 8.61. The molecular formula is C13H16N4O2. The van der Waals surface area contributed by atoms with Crippen LogP contribution in [-0.4, -0.2) is 40.1 Å². The Bertz CT molecular complexity index is 565. The summed E-state index contributed by atoms with van der Waals surface area (Å²) >= 11 is 0. The van der Waals surface area contributed by atoms with Gasteiger partial charge in [-0.2, -0.15) is 0 Å². The molecule has 2 aliphatic rings. The predicted octanol–water partition coefficient (Wildman–Crippen LogP) is 1.44. The van der Waals surface area contributed by atoms with E-state index in [1.807, 2.05) is 17.7 Å². The van der Waals surface area contributed by atoms with Crippen LogP contribution in [-0.2, 0) is 11.8 Å². The van der Waals surface area contributed by atoms with Gasteiger partial charge >= 0.3 is 0 Å². The third-order valence-corrected chi connectivity index (χ3v) is 3.96. The third kappa shape index (κ3) is 1.74. The van der Waals surface area contributed by atoms with Crippen LogP contribution >= 0.6 is 0 Å². The Morgan fingerprint density at radius 3 is 2.68 bits per heavy atom. The van der Waals surface area contributed by atoms with Gasteiger partial charge < -0.3 is 14.1 Å². The molecule has 19 heavy (non-hydrogen) atoms. The molecule has 0 N–H and O–H groups in total. The molecule has 100 valence electrons. The number of rotatable bonds is 2. The van der Waals surface area contributed by atoms with Crippen molar-refractivity contribution in [2.24, 2.45) is 7.05 Å². The largest absolute Gasteiger partial charge is 0.472 e. The van der Waals surface area contributed by atoms with Crippen LogP contribution in [0.2, 0.25) is 0 Å². The van der Waals surface area contributed by atoms with E-state index in [9.17, 15) is 0 Å². The molecule has 6 heteroatoms. The molecule has 0 amide bonds. The van der Waals surface area contributed by atoms with E-state index in [1.165, 1.54) is 0 Å². The quantitative estimate of drug-likeness (QED) is 0.818. The molecule has 2 aromatic rings. The Morgan fingerprint density at radius 2 is 2.00 bits per heavy atom. The molecule has 0 spiro atoms. The monoisotopic (exact) mass is 260 g/mol. The maximum Gasteiger partial charge on any atom is 0.227 e. The summed E-state index contributed by atoms with van der Waals surface area (Å²) in [4.78, 5) is 2.28. The second-order valence-electron chi connectivity index (χ2n) is 5.26. The highest BCUT2D eigenvalue weighted by Gasteiger charge is 2.35. The standard InChI is InChI=1S/C13H16N4O2/c1-16-12(9-4-5-18-8-9)14-15-13(16)17-6-10-2-3-11(7-17)19-10/h4-5,8,10-11H,2-3,6-7H2,1H3. The SMILES string of the molecule is Cn1c(-c2ccoc2)nnc1N1CC2CCC(C1)O2. The van der Waals surface area contributed by atoms with Crippen LogP contribution in [0.15, 0.2) is 23.0 Å². The number of fused-ring (bicyclic) bond motifs is 2. The molecule has 2 saturated heterocycles. The molecule has 2 fully saturated rings. The van der Waals surface area contributed by atoms with Gasteiger partial charge in [0, 0.05) is 20.1 Å². The summed E-state index contributed by atoms with van der Waals surface area (Å²) in [5.41, 5.74) is 0.956. The Morgan fingerprint density at radius 1 is 1.21 bits per heavy atom. The lowest BCUT2D eigenvalue weighted by molar-refractivity contribution is 0.0297. The first kappa shape index (κ1) is 11.0. The summed E-state index contributed by atoms with van der Waals surface area (Å²) in [6, 6.07) is 1.90. The Balaban J connectivity index is 1.65. The predicted molar refractivity (Wildman–Crippen MR) is 68.8 cm³/mol. The van der Waals surface area contributed by atoms with E-state index in [0.717, 1.165) is 43.3 Å². The minimum absolute atomic E-state index is 0.354. The highest BCUT2D eigenvalue weighted by atomic mass is 16.5. The lowest BCUT2D eigenvalue weighted by atomic mass is 10.2. The number of aromatic nitrogens is 3. The van der Waals surface area contributed by atoms with Gasteiger partial charge in [0.25, 0.3) is 0 Å². The second-order valence-corrected chi connectivity index (χ2v) is 5.26. The summed E-state index contributed by atoms with van der Waals surface area (Å²) in [6.07, 6.45) is 6.37. The van der Waals surface area contributed by atoms with Crippen LogP contribution in [0, 0.1) is 0 Å². The van der Waals surface area contributed by atoms with Gasteiger partial charge in [-0.3, -0.25) is 4.57 Å². The summed E-state index contributed by atoms with van der Waals surface area (Å²) in [6.45, 7) is 1.82. The maximum absolute atomic E-state index is 5.85. The average molecular weight is 260 g/mol. The van der Waals surface area contributed by atoms with Gasteiger partial charge in [0.2, 0.25) is 5.95 Å². The molecule has 2 atom stereocenters. The lowest BCUT2D eigenvalue weighted by Gasteiger charge is -2.32. The number of morpholine rings is 1. The van der Waals surface area contributed by atoms with E-state index in [0.29, 0.717) is 12.2 Å². The van der Waals surface area contributed by atoms with E-state index in [-0.39, 0.29) is 0 Å². The molecule has 0 saturated carbocycles. The molecule has 4 rings (SSSR count). The van der Waals surface area contributed by atoms with Crippen LogP contribution in [0.25, 0.3) is 11.4 Å². The average Bonchev–Trinajstić information content (AvgIpc) is 3.10. The van der Waals surface area contributed by atoms with E-state index >= 15 is 0 Å². The zero-order chi connectivity index (χ0) is 12.8. The zero-order valence-electron chi connectivity index (χ0n) is 10.8. The molecule has 2 aliphatic heterocycles. The molecule has 2 aromatic heterocycles. The fourth-order valence-electron chi connectivity index (χ4n) is 3.02. The maximum atomic E-state index is 5.85. The zero-order valence-corrected chi connectivity index (χ0v) is 10.8. The first-order valence-electron chi connectivity index (χ1n) is 6.63. The van der Waals surface area contributed by atoms with Gasteiger partial charge in [0.1, 0.15) is 6.26 Å². The number of nitrogens with zero attached hydrogens (tertiary/aromatic N) is 4. The lowest BCUT2D eigenvalue weighted by Crippen LogP contribution is -2.43. The summed E-state index contributed by atoms with van der Waals surface area (Å²) in [5.74, 6) is 1.75. The fraction of sp³-hybridized carbons (Fsp3) is 0.538. The summed E-state index contributed by atoms with van der Waals surface area (Å²) < 4.78 is 13.0. The van der Waals surface area contributed by atoms with Gasteiger partial charge in [-0.1, -0.05) is 0 Å². The Labute approximate surface area is 111 Å². The molecular weight excluding hydrogens is 244 g/mol. The van der Waals surface area contributed by atoms with Crippen LogP contribution in [0.5, 0.6) is 0 Å². The van der Waals surface area contributed by atoms with Gasteiger partial charge in [-0.05, 0) is 18.9 Å². The fourth-order valence-corrected chi connectivity index (χ4v) is 3.02. The molecule has 2 unspecified atom stereocenters. The van der Waals surface area contributed by atoms with E-state index in [2.05, 4.69) is 15.1 Å². The number of furan rings is 1. The molecule has 4 heterocycles. The summed E-state index contributed by atoms with van der Waals surface area (Å²) in [7, 11) is 2.00. The van der Waals surface area contributed by atoms with Gasteiger partial charge in [-0.25, -0.2) is 0 Å². The van der Waals surface area contributed by atoms with Crippen LogP contribution in [0.1, 0.15) is 12.8 Å². The van der Waals surface area contributed by atoms with Crippen molar-refractivity contribution >= 4 is 5.95 Å². The van der Waals surface area contributed by atoms with Crippen molar-refractivity contribution in [3.05, 3.63) is 18.6 Å². The third-order valence-electron chi connectivity index (χ3n) is 3.96. The Kier molecular flexibility index (Phi) is 2.38. The van der Waals surface area contributed by atoms with Crippen LogP contribution in [0.4, 0.5) is 5.95 Å². The minimum atomic E-state index is 0.354. The van der Waals surface area contributed by atoms with Crippen molar-refractivity contribution in [2.45, 2.75) is 25.0 Å². The van der Waals surface area contributed by atoms with Crippen molar-refractivity contribution in [3.63, 3.8) is 0 Å².